The molecular formula is C22H26N4O4. The third kappa shape index (κ3) is 4.76. The molecule has 0 saturated carbocycles. The maximum Gasteiger partial charge on any atom is 0.293 e. The van der Waals surface area contributed by atoms with E-state index in [2.05, 4.69) is 10.6 Å². The second kappa shape index (κ2) is 8.94. The quantitative estimate of drug-likeness (QED) is 0.561. The normalized spacial score (nSPS) is 13.0. The van der Waals surface area contributed by atoms with Gasteiger partial charge in [-0.3, -0.25) is 19.7 Å². The van der Waals surface area contributed by atoms with Gasteiger partial charge in [-0.05, 0) is 62.9 Å². The van der Waals surface area contributed by atoms with Crippen LogP contribution >= 0.6 is 0 Å². The van der Waals surface area contributed by atoms with Gasteiger partial charge >= 0.3 is 0 Å². The molecule has 0 aromatic heterocycles. The number of aryl methyl sites for hydroxylation is 1. The molecule has 0 bridgehead atoms. The summed E-state index contributed by atoms with van der Waals surface area (Å²) < 4.78 is 0. The minimum absolute atomic E-state index is 0.0316. The van der Waals surface area contributed by atoms with Crippen LogP contribution in [0.3, 0.4) is 0 Å². The average molecular weight is 410 g/mol. The number of amides is 2. The van der Waals surface area contributed by atoms with Gasteiger partial charge in [0.2, 0.25) is 5.91 Å². The Bertz CT molecular complexity index is 987. The Labute approximate surface area is 175 Å². The first-order valence-electron chi connectivity index (χ1n) is 9.99. The van der Waals surface area contributed by atoms with E-state index in [0.29, 0.717) is 12.1 Å². The van der Waals surface area contributed by atoms with Gasteiger partial charge in [-0.15, -0.1) is 0 Å². The molecule has 0 unspecified atom stereocenters. The molecule has 0 saturated heterocycles. The Balaban J connectivity index is 1.79. The minimum atomic E-state index is -0.502. The summed E-state index contributed by atoms with van der Waals surface area (Å²) in [4.78, 5) is 37.9. The summed E-state index contributed by atoms with van der Waals surface area (Å²) in [7, 11) is 0. The Kier molecular flexibility index (Phi) is 6.34. The second-order valence-corrected chi connectivity index (χ2v) is 7.78. The Hall–Kier alpha value is -3.42. The molecular weight excluding hydrogens is 384 g/mol. The van der Waals surface area contributed by atoms with Crippen molar-refractivity contribution >= 4 is 28.9 Å². The zero-order chi connectivity index (χ0) is 21.8. The molecule has 2 N–H and O–H groups in total. The number of nitro benzene ring substituents is 1. The molecule has 158 valence electrons. The van der Waals surface area contributed by atoms with Crippen LogP contribution in [0.2, 0.25) is 0 Å². The molecule has 1 aliphatic heterocycles. The van der Waals surface area contributed by atoms with Crippen LogP contribution in [0.15, 0.2) is 36.4 Å². The molecule has 2 amide bonds. The topological polar surface area (TPSA) is 105 Å². The molecule has 0 fully saturated rings. The van der Waals surface area contributed by atoms with Crippen molar-refractivity contribution in [1.29, 1.82) is 0 Å². The highest BCUT2D eigenvalue weighted by atomic mass is 16.6. The maximum atomic E-state index is 12.7. The first kappa shape index (κ1) is 21.3. The molecule has 3 rings (SSSR count). The lowest BCUT2D eigenvalue weighted by atomic mass is 9.95. The highest BCUT2D eigenvalue weighted by Crippen LogP contribution is 2.30. The molecule has 0 aliphatic carbocycles. The van der Waals surface area contributed by atoms with E-state index in [0.717, 1.165) is 29.7 Å². The number of hydrogen-bond acceptors (Lipinski definition) is 5. The fourth-order valence-electron chi connectivity index (χ4n) is 3.68. The molecule has 0 radical (unpaired) electrons. The zero-order valence-corrected chi connectivity index (χ0v) is 17.4. The van der Waals surface area contributed by atoms with Gasteiger partial charge in [0.15, 0.2) is 0 Å². The SMILES string of the molecule is Cc1ccc(NC(=O)CN2CCCc3c(C(=O)NC(C)C)cccc32)c([N+](=O)[O-])c1. The van der Waals surface area contributed by atoms with Crippen molar-refractivity contribution in [3.05, 3.63) is 63.2 Å². The molecule has 2 aromatic carbocycles. The summed E-state index contributed by atoms with van der Waals surface area (Å²) in [5.74, 6) is -0.463. The van der Waals surface area contributed by atoms with Crippen LogP contribution < -0.4 is 15.5 Å². The molecule has 8 nitrogen and oxygen atoms in total. The number of benzene rings is 2. The van der Waals surface area contributed by atoms with Crippen LogP contribution in [-0.2, 0) is 11.2 Å². The van der Waals surface area contributed by atoms with Gasteiger partial charge in [0.25, 0.3) is 11.6 Å². The lowest BCUT2D eigenvalue weighted by molar-refractivity contribution is -0.384. The largest absolute Gasteiger partial charge is 0.362 e. The van der Waals surface area contributed by atoms with Crippen molar-refractivity contribution < 1.29 is 14.5 Å². The minimum Gasteiger partial charge on any atom is -0.362 e. The van der Waals surface area contributed by atoms with Crippen molar-refractivity contribution in [2.45, 2.75) is 39.7 Å². The van der Waals surface area contributed by atoms with Crippen molar-refractivity contribution in [3.63, 3.8) is 0 Å². The van der Waals surface area contributed by atoms with Gasteiger partial charge in [0.1, 0.15) is 5.69 Å². The number of nitrogens with zero attached hydrogens (tertiary/aromatic N) is 2. The molecule has 8 heteroatoms. The van der Waals surface area contributed by atoms with Gasteiger partial charge in [-0.2, -0.15) is 0 Å². The fraction of sp³-hybridized carbons (Fsp3) is 0.364. The van der Waals surface area contributed by atoms with Crippen LogP contribution in [0.25, 0.3) is 0 Å². The summed E-state index contributed by atoms with van der Waals surface area (Å²) in [5.41, 5.74) is 3.20. The number of fused-ring (bicyclic) bond motifs is 1. The number of rotatable bonds is 6. The van der Waals surface area contributed by atoms with E-state index < -0.39 is 4.92 Å². The summed E-state index contributed by atoms with van der Waals surface area (Å²) >= 11 is 0. The van der Waals surface area contributed by atoms with E-state index >= 15 is 0 Å². The summed E-state index contributed by atoms with van der Waals surface area (Å²) in [6.07, 6.45) is 1.58. The highest BCUT2D eigenvalue weighted by Gasteiger charge is 2.24. The van der Waals surface area contributed by atoms with Crippen LogP contribution in [0.5, 0.6) is 0 Å². The standard InChI is InChI=1S/C22H26N4O4/c1-14(2)23-22(28)17-6-4-8-19-16(17)7-5-11-25(19)13-21(27)24-18-10-9-15(3)12-20(18)26(29)30/h4,6,8-10,12,14H,5,7,11,13H2,1-3H3,(H,23,28)(H,24,27). The predicted molar refractivity (Wildman–Crippen MR) is 116 cm³/mol. The first-order valence-corrected chi connectivity index (χ1v) is 9.99. The lowest BCUT2D eigenvalue weighted by Crippen LogP contribution is -2.38. The average Bonchev–Trinajstić information content (AvgIpc) is 2.68. The van der Waals surface area contributed by atoms with Gasteiger partial charge in [0, 0.05) is 29.9 Å². The third-order valence-electron chi connectivity index (χ3n) is 4.97. The molecule has 0 atom stereocenters. The number of anilines is 2. The Morgan fingerprint density at radius 3 is 2.70 bits per heavy atom. The number of hydrogen-bond donors (Lipinski definition) is 2. The monoisotopic (exact) mass is 410 g/mol. The van der Waals surface area contributed by atoms with Crippen molar-refractivity contribution in [2.75, 3.05) is 23.3 Å². The van der Waals surface area contributed by atoms with Crippen molar-refractivity contribution in [3.8, 4) is 0 Å². The number of nitrogens with one attached hydrogen (secondary N) is 2. The molecule has 1 aliphatic rings. The van der Waals surface area contributed by atoms with E-state index in [4.69, 9.17) is 0 Å². The smallest absolute Gasteiger partial charge is 0.293 e. The first-order chi connectivity index (χ1) is 14.3. The summed E-state index contributed by atoms with van der Waals surface area (Å²) in [6.45, 7) is 6.30. The zero-order valence-electron chi connectivity index (χ0n) is 17.4. The van der Waals surface area contributed by atoms with E-state index in [9.17, 15) is 19.7 Å². The highest BCUT2D eigenvalue weighted by molar-refractivity contribution is 5.99. The number of carbonyl (C=O) groups excluding carboxylic acids is 2. The van der Waals surface area contributed by atoms with Gasteiger partial charge in [-0.25, -0.2) is 0 Å². The number of carbonyl (C=O) groups is 2. The molecule has 2 aromatic rings. The van der Waals surface area contributed by atoms with Gasteiger partial charge in [-0.1, -0.05) is 12.1 Å². The van der Waals surface area contributed by atoms with Crippen LogP contribution in [0, 0.1) is 17.0 Å². The van der Waals surface area contributed by atoms with E-state index in [1.807, 2.05) is 30.9 Å². The van der Waals surface area contributed by atoms with Crippen molar-refractivity contribution in [1.82, 2.24) is 5.32 Å². The van der Waals surface area contributed by atoms with E-state index in [1.54, 1.807) is 25.1 Å². The van der Waals surface area contributed by atoms with Crippen molar-refractivity contribution in [2.24, 2.45) is 0 Å². The van der Waals surface area contributed by atoms with E-state index in [-0.39, 0.29) is 35.8 Å². The fourth-order valence-corrected chi connectivity index (χ4v) is 3.68. The third-order valence-corrected chi connectivity index (χ3v) is 4.97. The predicted octanol–water partition coefficient (Wildman–Crippen LogP) is 3.43. The Morgan fingerprint density at radius 2 is 2.00 bits per heavy atom. The summed E-state index contributed by atoms with van der Waals surface area (Å²) in [5, 5.41) is 16.9. The van der Waals surface area contributed by atoms with Gasteiger partial charge < -0.3 is 15.5 Å². The lowest BCUT2D eigenvalue weighted by Gasteiger charge is -2.32. The van der Waals surface area contributed by atoms with Crippen LogP contribution in [0.4, 0.5) is 17.1 Å². The Morgan fingerprint density at radius 1 is 1.23 bits per heavy atom. The number of nitro groups is 1. The van der Waals surface area contributed by atoms with Gasteiger partial charge in [0.05, 0.1) is 11.5 Å². The molecule has 1 heterocycles. The molecule has 0 spiro atoms. The van der Waals surface area contributed by atoms with E-state index in [1.165, 1.54) is 6.07 Å². The second-order valence-electron chi connectivity index (χ2n) is 7.78. The van der Waals surface area contributed by atoms with Crippen LogP contribution in [0.1, 0.15) is 41.8 Å². The van der Waals surface area contributed by atoms with Crippen LogP contribution in [-0.4, -0.2) is 35.9 Å². The maximum absolute atomic E-state index is 12.7. The summed E-state index contributed by atoms with van der Waals surface area (Å²) in [6, 6.07) is 10.3. The molecule has 30 heavy (non-hydrogen) atoms.